The number of carbonyl (C=O) groups is 1. The first kappa shape index (κ1) is 18.3. The molecule has 3 N–H and O–H groups in total. The lowest BCUT2D eigenvalue weighted by Crippen LogP contribution is -2.09. The van der Waals surface area contributed by atoms with E-state index in [0.29, 0.717) is 0 Å². The molecule has 2 aromatic carbocycles. The number of anilines is 1. The summed E-state index contributed by atoms with van der Waals surface area (Å²) in [5, 5.41) is 10.1. The minimum absolute atomic E-state index is 0.0430. The highest BCUT2D eigenvalue weighted by Crippen LogP contribution is 2.38. The minimum atomic E-state index is -1.31. The highest BCUT2D eigenvalue weighted by atomic mass is 35.5. The third-order valence-electron chi connectivity index (χ3n) is 4.39. The summed E-state index contributed by atoms with van der Waals surface area (Å²) in [7, 11) is 0. The number of carboxylic acid groups (broad SMARTS) is 1. The van der Waals surface area contributed by atoms with Crippen LogP contribution in [0.5, 0.6) is 0 Å². The molecule has 4 rings (SSSR count). The van der Waals surface area contributed by atoms with Gasteiger partial charge in [0.25, 0.3) is 0 Å². The number of nitrogen functional groups attached to an aromatic ring is 1. The van der Waals surface area contributed by atoms with Crippen LogP contribution in [0.3, 0.4) is 0 Å². The normalized spacial score (nSPS) is 11.1. The van der Waals surface area contributed by atoms with Crippen LogP contribution in [-0.2, 0) is 0 Å². The van der Waals surface area contributed by atoms with Gasteiger partial charge in [0.1, 0.15) is 10.8 Å². The second kappa shape index (κ2) is 6.82. The second-order valence-corrected chi connectivity index (χ2v) is 6.82. The lowest BCUT2D eigenvalue weighted by atomic mass is 10.1. The molecule has 0 aliphatic heterocycles. The highest BCUT2D eigenvalue weighted by molar-refractivity contribution is 6.41. The number of halogens is 3. The maximum Gasteiger partial charge on any atom is 0.356 e. The van der Waals surface area contributed by atoms with Crippen molar-refractivity contribution in [3.05, 3.63) is 76.3 Å². The summed E-state index contributed by atoms with van der Waals surface area (Å²) in [5.41, 5.74) is 7.78. The van der Waals surface area contributed by atoms with E-state index in [1.807, 2.05) is 24.3 Å². The van der Waals surface area contributed by atoms with Gasteiger partial charge in [-0.3, -0.25) is 4.57 Å². The van der Waals surface area contributed by atoms with Crippen LogP contribution in [0.25, 0.3) is 27.8 Å². The molecule has 140 valence electrons. The Morgan fingerprint density at radius 2 is 1.75 bits per heavy atom. The van der Waals surface area contributed by atoms with Gasteiger partial charge in [-0.2, -0.15) is 0 Å². The van der Waals surface area contributed by atoms with E-state index in [0.717, 1.165) is 22.0 Å². The molecular formula is C20H12Cl2FN3O2. The van der Waals surface area contributed by atoms with Gasteiger partial charge in [0.05, 0.1) is 16.2 Å². The summed E-state index contributed by atoms with van der Waals surface area (Å²) < 4.78 is 15.0. The van der Waals surface area contributed by atoms with Crippen molar-refractivity contribution >= 4 is 45.8 Å². The Bertz CT molecular complexity index is 1240. The molecule has 8 heteroatoms. The molecule has 0 saturated heterocycles. The van der Waals surface area contributed by atoms with Crippen molar-refractivity contribution in [3.63, 3.8) is 0 Å². The molecule has 0 bridgehead atoms. The largest absolute Gasteiger partial charge is 0.476 e. The number of benzene rings is 2. The summed E-state index contributed by atoms with van der Waals surface area (Å²) in [5.74, 6) is -1.51. The molecule has 28 heavy (non-hydrogen) atoms. The van der Waals surface area contributed by atoms with Gasteiger partial charge in [0.2, 0.25) is 0 Å². The van der Waals surface area contributed by atoms with Crippen LogP contribution in [0.15, 0.2) is 54.7 Å². The first-order valence-electron chi connectivity index (χ1n) is 8.12. The first-order chi connectivity index (χ1) is 13.4. The molecule has 0 aliphatic rings. The average molecular weight is 416 g/mol. The Kier molecular flexibility index (Phi) is 4.45. The van der Waals surface area contributed by atoms with Crippen LogP contribution < -0.4 is 5.73 Å². The predicted octanol–water partition coefficient (Wildman–Crippen LogP) is 5.42. The van der Waals surface area contributed by atoms with Gasteiger partial charge in [-0.05, 0) is 23.8 Å². The van der Waals surface area contributed by atoms with Crippen molar-refractivity contribution in [2.24, 2.45) is 0 Å². The summed E-state index contributed by atoms with van der Waals surface area (Å²) in [6, 6.07) is 13.5. The number of rotatable bonds is 3. The van der Waals surface area contributed by atoms with E-state index < -0.39 is 5.97 Å². The fourth-order valence-electron chi connectivity index (χ4n) is 3.06. The molecule has 2 heterocycles. The number of aromatic carboxylic acids is 1. The van der Waals surface area contributed by atoms with E-state index in [1.54, 1.807) is 22.9 Å². The minimum Gasteiger partial charge on any atom is -0.476 e. The molecule has 0 radical (unpaired) electrons. The molecule has 0 saturated carbocycles. The number of fused-ring (bicyclic) bond motifs is 1. The highest BCUT2D eigenvalue weighted by Gasteiger charge is 2.22. The van der Waals surface area contributed by atoms with Gasteiger partial charge in [0, 0.05) is 17.1 Å². The number of hydrogen-bond acceptors (Lipinski definition) is 3. The number of hydrogen-bond donors (Lipinski definition) is 2. The molecule has 0 unspecified atom stereocenters. The van der Waals surface area contributed by atoms with Gasteiger partial charge in [-0.15, -0.1) is 0 Å². The van der Waals surface area contributed by atoms with Crippen LogP contribution in [0.4, 0.5) is 10.1 Å². The van der Waals surface area contributed by atoms with Gasteiger partial charge < -0.3 is 10.8 Å². The van der Waals surface area contributed by atoms with E-state index in [4.69, 9.17) is 28.9 Å². The lowest BCUT2D eigenvalue weighted by molar-refractivity contribution is 0.0690. The third kappa shape index (κ3) is 2.87. The summed E-state index contributed by atoms with van der Waals surface area (Å²) in [4.78, 5) is 15.6. The molecule has 0 amide bonds. The van der Waals surface area contributed by atoms with Crippen LogP contribution in [0.1, 0.15) is 10.5 Å². The number of para-hydroxylation sites is 1. The lowest BCUT2D eigenvalue weighted by Gasteiger charge is -2.12. The number of nitrogens with two attached hydrogens (primary N) is 1. The maximum absolute atomic E-state index is 13.3. The zero-order valence-corrected chi connectivity index (χ0v) is 15.7. The summed E-state index contributed by atoms with van der Waals surface area (Å²) in [6.07, 6.45) is 1.76. The van der Waals surface area contributed by atoms with Crippen molar-refractivity contribution in [1.82, 2.24) is 9.55 Å². The standard InChI is InChI=1S/C20H12Cl2FN3O2/c21-15-17(24)16(22)19(25-18(15)20(27)28)26-9-13(10-5-7-11(23)8-6-10)12-3-1-2-4-14(12)26/h1-9H,(H2,24,25)(H,27,28). The molecular weight excluding hydrogens is 404 g/mol. The maximum atomic E-state index is 13.3. The Morgan fingerprint density at radius 3 is 2.43 bits per heavy atom. The van der Waals surface area contributed by atoms with Crippen LogP contribution in [-0.4, -0.2) is 20.6 Å². The molecule has 0 aliphatic carbocycles. The van der Waals surface area contributed by atoms with Gasteiger partial charge >= 0.3 is 5.97 Å². The fraction of sp³-hybridized carbons (Fsp3) is 0. The Morgan fingerprint density at radius 1 is 1.07 bits per heavy atom. The van der Waals surface area contributed by atoms with E-state index in [2.05, 4.69) is 4.98 Å². The molecule has 0 spiro atoms. The van der Waals surface area contributed by atoms with Crippen molar-refractivity contribution < 1.29 is 14.3 Å². The van der Waals surface area contributed by atoms with Gasteiger partial charge in [0.15, 0.2) is 11.5 Å². The van der Waals surface area contributed by atoms with Crippen LogP contribution in [0, 0.1) is 5.82 Å². The van der Waals surface area contributed by atoms with E-state index in [1.165, 1.54) is 12.1 Å². The number of nitrogens with zero attached hydrogens (tertiary/aromatic N) is 2. The molecule has 0 atom stereocenters. The monoisotopic (exact) mass is 415 g/mol. The Hall–Kier alpha value is -3.09. The summed E-state index contributed by atoms with van der Waals surface area (Å²) in [6.45, 7) is 0. The van der Waals surface area contributed by atoms with Gasteiger partial charge in [-0.1, -0.05) is 53.5 Å². The SMILES string of the molecule is Nc1c(Cl)c(C(=O)O)nc(-n2cc(-c3ccc(F)cc3)c3ccccc32)c1Cl. The second-order valence-electron chi connectivity index (χ2n) is 6.07. The van der Waals surface area contributed by atoms with Crippen molar-refractivity contribution in [2.45, 2.75) is 0 Å². The van der Waals surface area contributed by atoms with Crippen molar-refractivity contribution in [2.75, 3.05) is 5.73 Å². The summed E-state index contributed by atoms with van der Waals surface area (Å²) >= 11 is 12.3. The molecule has 2 aromatic heterocycles. The number of pyridine rings is 1. The third-order valence-corrected chi connectivity index (χ3v) is 5.15. The van der Waals surface area contributed by atoms with Crippen LogP contribution >= 0.6 is 23.2 Å². The average Bonchev–Trinajstić information content (AvgIpc) is 3.06. The van der Waals surface area contributed by atoms with E-state index in [9.17, 15) is 14.3 Å². The van der Waals surface area contributed by atoms with Crippen LogP contribution in [0.2, 0.25) is 10.0 Å². The van der Waals surface area contributed by atoms with Crippen molar-refractivity contribution in [1.29, 1.82) is 0 Å². The van der Waals surface area contributed by atoms with Gasteiger partial charge in [-0.25, -0.2) is 14.2 Å². The number of aromatic nitrogens is 2. The first-order valence-corrected chi connectivity index (χ1v) is 8.88. The topological polar surface area (TPSA) is 81.1 Å². The zero-order chi connectivity index (χ0) is 20.0. The zero-order valence-electron chi connectivity index (χ0n) is 14.2. The van der Waals surface area contributed by atoms with E-state index >= 15 is 0 Å². The van der Waals surface area contributed by atoms with E-state index in [-0.39, 0.29) is 33.1 Å². The Balaban J connectivity index is 2.04. The molecule has 0 fully saturated rings. The number of carboxylic acids is 1. The van der Waals surface area contributed by atoms with Crippen molar-refractivity contribution in [3.8, 4) is 16.9 Å². The molecule has 5 nitrogen and oxygen atoms in total. The predicted molar refractivity (Wildman–Crippen MR) is 108 cm³/mol. The smallest absolute Gasteiger partial charge is 0.356 e. The quantitative estimate of drug-likeness (QED) is 0.468. The molecule has 4 aromatic rings. The fourth-order valence-corrected chi connectivity index (χ4v) is 3.56. The Labute approximate surface area is 168 Å².